The fourth-order valence-corrected chi connectivity index (χ4v) is 2.41. The van der Waals surface area contributed by atoms with Crippen molar-refractivity contribution in [3.8, 4) is 0 Å². The van der Waals surface area contributed by atoms with Crippen LogP contribution in [0.3, 0.4) is 0 Å². The lowest BCUT2D eigenvalue weighted by atomic mass is 9.92. The van der Waals surface area contributed by atoms with Gasteiger partial charge >= 0.3 is 6.18 Å². The Hall–Kier alpha value is -0.330. The van der Waals surface area contributed by atoms with Gasteiger partial charge in [0.25, 0.3) is 0 Å². The minimum Gasteiger partial charge on any atom is -0.384 e. The van der Waals surface area contributed by atoms with Crippen molar-refractivity contribution in [3.05, 3.63) is 0 Å². The van der Waals surface area contributed by atoms with Gasteiger partial charge in [-0.3, -0.25) is 0 Å². The van der Waals surface area contributed by atoms with E-state index in [4.69, 9.17) is 9.47 Å². The molecule has 1 saturated carbocycles. The summed E-state index contributed by atoms with van der Waals surface area (Å²) in [5.74, 6) is 0.404. The van der Waals surface area contributed by atoms with Gasteiger partial charge < -0.3 is 14.8 Å². The van der Waals surface area contributed by atoms with E-state index < -0.39 is 12.8 Å². The van der Waals surface area contributed by atoms with Gasteiger partial charge in [0.1, 0.15) is 6.61 Å². The van der Waals surface area contributed by atoms with Gasteiger partial charge in [0.15, 0.2) is 0 Å². The van der Waals surface area contributed by atoms with E-state index in [0.717, 1.165) is 25.8 Å². The van der Waals surface area contributed by atoms with E-state index in [2.05, 4.69) is 12.2 Å². The molecule has 0 aromatic rings. The minimum absolute atomic E-state index is 0.256. The molecule has 0 spiro atoms. The van der Waals surface area contributed by atoms with Crippen LogP contribution in [-0.4, -0.2) is 45.2 Å². The lowest BCUT2D eigenvalue weighted by Gasteiger charge is -2.30. The number of hydrogen-bond acceptors (Lipinski definition) is 3. The van der Waals surface area contributed by atoms with Crippen LogP contribution in [0.15, 0.2) is 0 Å². The van der Waals surface area contributed by atoms with Crippen LogP contribution in [0.1, 0.15) is 32.6 Å². The van der Waals surface area contributed by atoms with Crippen molar-refractivity contribution in [2.45, 2.75) is 50.9 Å². The summed E-state index contributed by atoms with van der Waals surface area (Å²) >= 11 is 0. The van der Waals surface area contributed by atoms with Gasteiger partial charge in [-0.05, 0) is 31.6 Å². The van der Waals surface area contributed by atoms with Crippen LogP contribution < -0.4 is 5.32 Å². The molecule has 0 radical (unpaired) electrons. The fraction of sp³-hybridized carbons (Fsp3) is 1.00. The van der Waals surface area contributed by atoms with Gasteiger partial charge in [0, 0.05) is 26.3 Å². The molecule has 3 nitrogen and oxygen atoms in total. The molecule has 1 fully saturated rings. The Bertz CT molecular complexity index is 249. The van der Waals surface area contributed by atoms with Crippen LogP contribution in [0.25, 0.3) is 0 Å². The molecule has 6 heteroatoms. The van der Waals surface area contributed by atoms with Crippen LogP contribution in [0.4, 0.5) is 13.2 Å². The van der Waals surface area contributed by atoms with Crippen molar-refractivity contribution in [3.63, 3.8) is 0 Å². The van der Waals surface area contributed by atoms with E-state index in [9.17, 15) is 13.2 Å². The summed E-state index contributed by atoms with van der Waals surface area (Å²) < 4.78 is 46.3. The SMILES string of the molecule is COCC(C)CNC1CCCC(OCC(F)(F)F)C1. The highest BCUT2D eigenvalue weighted by atomic mass is 19.4. The lowest BCUT2D eigenvalue weighted by molar-refractivity contribution is -0.188. The Morgan fingerprint density at radius 2 is 2.05 bits per heavy atom. The molecular weight excluding hydrogens is 259 g/mol. The zero-order valence-corrected chi connectivity index (χ0v) is 11.6. The maximum atomic E-state index is 12.1. The Morgan fingerprint density at radius 1 is 1.32 bits per heavy atom. The second-order valence-corrected chi connectivity index (χ2v) is 5.38. The second-order valence-electron chi connectivity index (χ2n) is 5.38. The Balaban J connectivity index is 2.22. The summed E-state index contributed by atoms with van der Waals surface area (Å²) in [6.07, 6.45) is -1.19. The number of rotatable bonds is 7. The molecule has 19 heavy (non-hydrogen) atoms. The molecule has 1 aliphatic rings. The maximum absolute atomic E-state index is 12.1. The average molecular weight is 283 g/mol. The topological polar surface area (TPSA) is 30.5 Å². The maximum Gasteiger partial charge on any atom is 0.411 e. The standard InChI is InChI=1S/C13H24F3NO2/c1-10(8-18-2)7-17-11-4-3-5-12(6-11)19-9-13(14,15)16/h10-12,17H,3-9H2,1-2H3. The molecule has 114 valence electrons. The minimum atomic E-state index is -4.23. The Labute approximate surface area is 112 Å². The molecule has 0 saturated heterocycles. The summed E-state index contributed by atoms with van der Waals surface area (Å²) in [6, 6.07) is 0.256. The molecule has 0 aliphatic heterocycles. The zero-order chi connectivity index (χ0) is 14.3. The third-order valence-corrected chi connectivity index (χ3v) is 3.31. The van der Waals surface area contributed by atoms with Gasteiger partial charge in [0.2, 0.25) is 0 Å². The molecule has 0 aromatic heterocycles. The normalized spacial score (nSPS) is 26.4. The van der Waals surface area contributed by atoms with E-state index in [-0.39, 0.29) is 12.1 Å². The second kappa shape index (κ2) is 8.07. The van der Waals surface area contributed by atoms with E-state index >= 15 is 0 Å². The third kappa shape index (κ3) is 7.74. The van der Waals surface area contributed by atoms with Gasteiger partial charge in [0.05, 0.1) is 6.10 Å². The van der Waals surface area contributed by atoms with Crippen LogP contribution >= 0.6 is 0 Å². The molecule has 0 bridgehead atoms. The first kappa shape index (κ1) is 16.7. The molecule has 3 atom stereocenters. The van der Waals surface area contributed by atoms with E-state index in [1.54, 1.807) is 7.11 Å². The number of hydrogen-bond donors (Lipinski definition) is 1. The van der Waals surface area contributed by atoms with Gasteiger partial charge in [-0.25, -0.2) is 0 Å². The summed E-state index contributed by atoms with van der Waals surface area (Å²) in [7, 11) is 1.66. The van der Waals surface area contributed by atoms with Crippen molar-refractivity contribution in [2.24, 2.45) is 5.92 Å². The zero-order valence-electron chi connectivity index (χ0n) is 11.6. The lowest BCUT2D eigenvalue weighted by Crippen LogP contribution is -2.40. The van der Waals surface area contributed by atoms with Gasteiger partial charge in [-0.2, -0.15) is 13.2 Å². The van der Waals surface area contributed by atoms with Crippen molar-refractivity contribution in [1.82, 2.24) is 5.32 Å². The Morgan fingerprint density at radius 3 is 2.68 bits per heavy atom. The highest BCUT2D eigenvalue weighted by molar-refractivity contribution is 4.79. The van der Waals surface area contributed by atoms with Crippen LogP contribution in [0, 0.1) is 5.92 Å². The monoisotopic (exact) mass is 283 g/mol. The summed E-state index contributed by atoms with van der Waals surface area (Å²) in [5.41, 5.74) is 0. The summed E-state index contributed by atoms with van der Waals surface area (Å²) in [4.78, 5) is 0. The van der Waals surface area contributed by atoms with Crippen LogP contribution in [0.5, 0.6) is 0 Å². The van der Waals surface area contributed by atoms with Crippen molar-refractivity contribution < 1.29 is 22.6 Å². The fourth-order valence-electron chi connectivity index (χ4n) is 2.41. The largest absolute Gasteiger partial charge is 0.411 e. The quantitative estimate of drug-likeness (QED) is 0.779. The van der Waals surface area contributed by atoms with E-state index in [1.807, 2.05) is 0 Å². The smallest absolute Gasteiger partial charge is 0.384 e. The van der Waals surface area contributed by atoms with E-state index in [1.165, 1.54) is 0 Å². The first-order valence-electron chi connectivity index (χ1n) is 6.81. The molecule has 0 amide bonds. The number of alkyl halides is 3. The molecular formula is C13H24F3NO2. The molecule has 1 aliphatic carbocycles. The number of halogens is 3. The number of ether oxygens (including phenoxy) is 2. The van der Waals surface area contributed by atoms with Crippen molar-refractivity contribution >= 4 is 0 Å². The first-order chi connectivity index (χ1) is 8.90. The summed E-state index contributed by atoms with van der Waals surface area (Å²) in [6.45, 7) is 2.46. The Kier molecular flexibility index (Phi) is 7.10. The predicted molar refractivity (Wildman–Crippen MR) is 67.1 cm³/mol. The molecule has 1 N–H and O–H groups in total. The average Bonchev–Trinajstić information content (AvgIpc) is 2.34. The molecule has 3 unspecified atom stereocenters. The van der Waals surface area contributed by atoms with Gasteiger partial charge in [-0.1, -0.05) is 6.92 Å². The third-order valence-electron chi connectivity index (χ3n) is 3.31. The first-order valence-corrected chi connectivity index (χ1v) is 6.81. The van der Waals surface area contributed by atoms with Crippen LogP contribution in [0.2, 0.25) is 0 Å². The predicted octanol–water partition coefficient (Wildman–Crippen LogP) is 2.75. The number of nitrogens with one attached hydrogen (secondary N) is 1. The summed E-state index contributed by atoms with van der Waals surface area (Å²) in [5, 5.41) is 3.39. The van der Waals surface area contributed by atoms with Crippen LogP contribution in [-0.2, 0) is 9.47 Å². The molecule has 0 heterocycles. The highest BCUT2D eigenvalue weighted by Crippen LogP contribution is 2.24. The molecule has 1 rings (SSSR count). The van der Waals surface area contributed by atoms with Crippen molar-refractivity contribution in [1.29, 1.82) is 0 Å². The van der Waals surface area contributed by atoms with E-state index in [0.29, 0.717) is 18.9 Å². The number of methoxy groups -OCH3 is 1. The highest BCUT2D eigenvalue weighted by Gasteiger charge is 2.31. The van der Waals surface area contributed by atoms with Gasteiger partial charge in [-0.15, -0.1) is 0 Å². The van der Waals surface area contributed by atoms with Crippen molar-refractivity contribution in [2.75, 3.05) is 26.9 Å². The molecule has 0 aromatic carbocycles.